The fraction of sp³-hybridized carbons (Fsp3) is 0.611. The highest BCUT2D eigenvalue weighted by molar-refractivity contribution is 9.10. The lowest BCUT2D eigenvalue weighted by atomic mass is 9.66. The third kappa shape index (κ3) is 3.56. The number of halogens is 2. The van der Waals surface area contributed by atoms with Crippen molar-refractivity contribution >= 4 is 21.7 Å². The van der Waals surface area contributed by atoms with E-state index in [1.54, 1.807) is 6.07 Å². The van der Waals surface area contributed by atoms with E-state index < -0.39 is 0 Å². The Morgan fingerprint density at radius 1 is 1.14 bits per heavy atom. The number of hydrogen-bond donors (Lipinski definition) is 0. The van der Waals surface area contributed by atoms with Gasteiger partial charge in [0, 0.05) is 16.8 Å². The SMILES string of the molecule is O=C(Cc1cc(F)ccc1Br)C1CCC2CCCCC2C1. The van der Waals surface area contributed by atoms with Crippen molar-refractivity contribution < 1.29 is 9.18 Å². The fourth-order valence-electron chi connectivity index (χ4n) is 4.18. The summed E-state index contributed by atoms with van der Waals surface area (Å²) in [6.45, 7) is 0. The van der Waals surface area contributed by atoms with Crippen molar-refractivity contribution in [3.8, 4) is 0 Å². The van der Waals surface area contributed by atoms with Gasteiger partial charge in [0.25, 0.3) is 0 Å². The van der Waals surface area contributed by atoms with Crippen LogP contribution in [-0.4, -0.2) is 5.78 Å². The molecule has 0 aromatic heterocycles. The maximum absolute atomic E-state index is 13.3. The van der Waals surface area contributed by atoms with Crippen LogP contribution in [0.25, 0.3) is 0 Å². The van der Waals surface area contributed by atoms with Crippen molar-refractivity contribution in [3.05, 3.63) is 34.1 Å². The number of benzene rings is 1. The van der Waals surface area contributed by atoms with E-state index >= 15 is 0 Å². The summed E-state index contributed by atoms with van der Waals surface area (Å²) in [5, 5.41) is 0. The van der Waals surface area contributed by atoms with Crippen molar-refractivity contribution in [1.82, 2.24) is 0 Å². The smallest absolute Gasteiger partial charge is 0.140 e. The van der Waals surface area contributed by atoms with Gasteiger partial charge < -0.3 is 0 Å². The van der Waals surface area contributed by atoms with Gasteiger partial charge in [0.2, 0.25) is 0 Å². The summed E-state index contributed by atoms with van der Waals surface area (Å²) in [6.07, 6.45) is 9.04. The summed E-state index contributed by atoms with van der Waals surface area (Å²) < 4.78 is 14.2. The second kappa shape index (κ2) is 6.60. The molecule has 1 aromatic rings. The number of hydrogen-bond acceptors (Lipinski definition) is 1. The van der Waals surface area contributed by atoms with E-state index in [0.717, 1.165) is 34.7 Å². The summed E-state index contributed by atoms with van der Waals surface area (Å²) in [6, 6.07) is 4.59. The molecule has 0 radical (unpaired) electrons. The quantitative estimate of drug-likeness (QED) is 0.720. The first-order chi connectivity index (χ1) is 10.1. The van der Waals surface area contributed by atoms with Crippen LogP contribution in [0.3, 0.4) is 0 Å². The minimum absolute atomic E-state index is 0.194. The topological polar surface area (TPSA) is 17.1 Å². The Hall–Kier alpha value is -0.700. The predicted octanol–water partition coefficient (Wildman–Crippen LogP) is 5.31. The molecule has 1 nitrogen and oxygen atoms in total. The molecule has 3 heteroatoms. The zero-order valence-electron chi connectivity index (χ0n) is 12.3. The second-order valence-corrected chi connectivity index (χ2v) is 7.55. The molecular formula is C18H22BrFO. The maximum atomic E-state index is 13.3. The Morgan fingerprint density at radius 3 is 2.71 bits per heavy atom. The van der Waals surface area contributed by atoms with Crippen molar-refractivity contribution in [3.63, 3.8) is 0 Å². The van der Waals surface area contributed by atoms with Gasteiger partial charge in [0.15, 0.2) is 0 Å². The summed E-state index contributed by atoms with van der Waals surface area (Å²) in [7, 11) is 0. The predicted molar refractivity (Wildman–Crippen MR) is 85.6 cm³/mol. The minimum Gasteiger partial charge on any atom is -0.299 e. The van der Waals surface area contributed by atoms with E-state index in [9.17, 15) is 9.18 Å². The first kappa shape index (κ1) is 15.2. The molecule has 0 heterocycles. The third-order valence-electron chi connectivity index (χ3n) is 5.37. The van der Waals surface area contributed by atoms with Crippen molar-refractivity contribution in [1.29, 1.82) is 0 Å². The van der Waals surface area contributed by atoms with Crippen LogP contribution in [0.5, 0.6) is 0 Å². The van der Waals surface area contributed by atoms with E-state index in [-0.39, 0.29) is 11.7 Å². The zero-order valence-corrected chi connectivity index (χ0v) is 13.9. The molecule has 3 atom stereocenters. The highest BCUT2D eigenvalue weighted by atomic mass is 79.9. The molecule has 0 aliphatic heterocycles. The molecule has 0 amide bonds. The minimum atomic E-state index is -0.267. The molecule has 3 unspecified atom stereocenters. The van der Waals surface area contributed by atoms with Gasteiger partial charge in [0.1, 0.15) is 11.6 Å². The first-order valence-corrected chi connectivity index (χ1v) is 8.89. The van der Waals surface area contributed by atoms with Crippen LogP contribution >= 0.6 is 15.9 Å². The maximum Gasteiger partial charge on any atom is 0.140 e. The summed E-state index contributed by atoms with van der Waals surface area (Å²) >= 11 is 3.42. The molecule has 2 aliphatic rings. The van der Waals surface area contributed by atoms with E-state index in [4.69, 9.17) is 0 Å². The largest absolute Gasteiger partial charge is 0.299 e. The van der Waals surface area contributed by atoms with Crippen LogP contribution in [0.1, 0.15) is 50.5 Å². The molecule has 0 spiro atoms. The highest BCUT2D eigenvalue weighted by Crippen LogP contribution is 2.43. The molecule has 2 saturated carbocycles. The highest BCUT2D eigenvalue weighted by Gasteiger charge is 2.34. The monoisotopic (exact) mass is 352 g/mol. The van der Waals surface area contributed by atoms with Crippen molar-refractivity contribution in [2.75, 3.05) is 0 Å². The van der Waals surface area contributed by atoms with Crippen LogP contribution in [-0.2, 0) is 11.2 Å². The number of ketones is 1. The van der Waals surface area contributed by atoms with Gasteiger partial charge in [-0.15, -0.1) is 0 Å². The van der Waals surface area contributed by atoms with Crippen LogP contribution in [0.4, 0.5) is 4.39 Å². The lowest BCUT2D eigenvalue weighted by molar-refractivity contribution is -0.124. The number of Topliss-reactive ketones (excluding diaryl/α,β-unsaturated/α-hetero) is 1. The molecule has 0 N–H and O–H groups in total. The van der Waals surface area contributed by atoms with E-state index in [1.165, 1.54) is 44.2 Å². The Balaban J connectivity index is 1.64. The van der Waals surface area contributed by atoms with E-state index in [2.05, 4.69) is 15.9 Å². The van der Waals surface area contributed by atoms with Gasteiger partial charge in [0.05, 0.1) is 0 Å². The van der Waals surface area contributed by atoms with Gasteiger partial charge in [-0.2, -0.15) is 0 Å². The number of rotatable bonds is 3. The zero-order chi connectivity index (χ0) is 14.8. The molecule has 2 fully saturated rings. The van der Waals surface area contributed by atoms with Crippen molar-refractivity contribution in [2.45, 2.75) is 51.4 Å². The number of carbonyl (C=O) groups excluding carboxylic acids is 1. The molecule has 21 heavy (non-hydrogen) atoms. The molecule has 0 saturated heterocycles. The van der Waals surface area contributed by atoms with Gasteiger partial charge in [-0.1, -0.05) is 41.6 Å². The molecule has 1 aromatic carbocycles. The van der Waals surface area contributed by atoms with Crippen LogP contribution < -0.4 is 0 Å². The van der Waals surface area contributed by atoms with E-state index in [0.29, 0.717) is 12.2 Å². The average molecular weight is 353 g/mol. The lowest BCUT2D eigenvalue weighted by Crippen LogP contribution is -2.31. The van der Waals surface area contributed by atoms with Crippen LogP contribution in [0, 0.1) is 23.6 Å². The third-order valence-corrected chi connectivity index (χ3v) is 6.14. The molecule has 114 valence electrons. The number of carbonyl (C=O) groups is 1. The summed E-state index contributed by atoms with van der Waals surface area (Å²) in [5.74, 6) is 1.85. The molecule has 0 bridgehead atoms. The van der Waals surface area contributed by atoms with Gasteiger partial charge in [-0.3, -0.25) is 4.79 Å². The Bertz CT molecular complexity index is 528. The van der Waals surface area contributed by atoms with Crippen molar-refractivity contribution in [2.24, 2.45) is 17.8 Å². The lowest BCUT2D eigenvalue weighted by Gasteiger charge is -2.38. The average Bonchev–Trinajstić information content (AvgIpc) is 2.50. The molecular weight excluding hydrogens is 331 g/mol. The standard InChI is InChI=1S/C18H22BrFO/c19-17-8-7-16(20)10-15(17)11-18(21)14-6-5-12-3-1-2-4-13(12)9-14/h7-8,10,12-14H,1-6,9,11H2. The molecule has 2 aliphatic carbocycles. The van der Waals surface area contributed by atoms with Crippen LogP contribution in [0.2, 0.25) is 0 Å². The fourth-order valence-corrected chi connectivity index (χ4v) is 4.56. The van der Waals surface area contributed by atoms with Crippen LogP contribution in [0.15, 0.2) is 22.7 Å². The normalized spacial score (nSPS) is 29.0. The van der Waals surface area contributed by atoms with Gasteiger partial charge in [-0.05, 0) is 54.9 Å². The van der Waals surface area contributed by atoms with Gasteiger partial charge >= 0.3 is 0 Å². The summed E-state index contributed by atoms with van der Waals surface area (Å²) in [5.41, 5.74) is 0.783. The van der Waals surface area contributed by atoms with E-state index in [1.807, 2.05) is 0 Å². The van der Waals surface area contributed by atoms with Gasteiger partial charge in [-0.25, -0.2) is 4.39 Å². The second-order valence-electron chi connectivity index (χ2n) is 6.69. The Morgan fingerprint density at radius 2 is 1.90 bits per heavy atom. The Kier molecular flexibility index (Phi) is 4.78. The Labute approximate surface area is 134 Å². The molecule has 3 rings (SSSR count). The summed E-state index contributed by atoms with van der Waals surface area (Å²) in [4.78, 5) is 12.6. The number of fused-ring (bicyclic) bond motifs is 1. The first-order valence-electron chi connectivity index (χ1n) is 8.10.